The first-order chi connectivity index (χ1) is 9.70. The second-order valence-electron chi connectivity index (χ2n) is 6.51. The molecule has 0 radical (unpaired) electrons. The zero-order valence-corrected chi connectivity index (χ0v) is 13.0. The molecule has 3 atom stereocenters. The lowest BCUT2D eigenvalue weighted by Crippen LogP contribution is -2.37. The van der Waals surface area contributed by atoms with Crippen LogP contribution in [0, 0.1) is 29.1 Å². The van der Waals surface area contributed by atoms with Crippen LogP contribution in [0.2, 0.25) is 0 Å². The Labute approximate surface area is 123 Å². The molecule has 0 spiro atoms. The van der Waals surface area contributed by atoms with Crippen LogP contribution in [0.25, 0.3) is 0 Å². The molecule has 1 aliphatic heterocycles. The Morgan fingerprint density at radius 1 is 1.40 bits per heavy atom. The fourth-order valence-electron chi connectivity index (χ4n) is 3.54. The van der Waals surface area contributed by atoms with Gasteiger partial charge in [-0.3, -0.25) is 0 Å². The third-order valence-electron chi connectivity index (χ3n) is 4.90. The average molecular weight is 276 g/mol. The molecule has 0 saturated carbocycles. The Hall–Kier alpha value is -0.850. The van der Waals surface area contributed by atoms with Crippen LogP contribution in [0.4, 0.5) is 0 Å². The van der Waals surface area contributed by atoms with E-state index >= 15 is 0 Å². The van der Waals surface area contributed by atoms with Gasteiger partial charge in [0.2, 0.25) is 0 Å². The number of hydrogen-bond acceptors (Lipinski definition) is 3. The van der Waals surface area contributed by atoms with Gasteiger partial charge in [-0.15, -0.1) is 0 Å². The highest BCUT2D eigenvalue weighted by Crippen LogP contribution is 2.31. The number of nitrogens with zero attached hydrogens (tertiary/aromatic N) is 2. The molecule has 0 aromatic carbocycles. The summed E-state index contributed by atoms with van der Waals surface area (Å²) in [5, 5.41) is 8.87. The summed E-state index contributed by atoms with van der Waals surface area (Å²) < 4.78 is 5.49. The number of nitriles is 1. The van der Waals surface area contributed by atoms with Gasteiger partial charge in [0.1, 0.15) is 0 Å². The SMILES string of the molecule is CC1=CCC[C@H](C)[C@H]1CN(CCC#N)C[C@H]1CCOC1. The highest BCUT2D eigenvalue weighted by atomic mass is 16.5. The first-order valence-corrected chi connectivity index (χ1v) is 8.04. The van der Waals surface area contributed by atoms with Crippen LogP contribution in [0.15, 0.2) is 11.6 Å². The molecule has 1 saturated heterocycles. The molecule has 3 heteroatoms. The van der Waals surface area contributed by atoms with E-state index in [1.165, 1.54) is 19.3 Å². The van der Waals surface area contributed by atoms with Crippen molar-refractivity contribution in [2.45, 2.75) is 39.5 Å². The Bertz CT molecular complexity index is 366. The van der Waals surface area contributed by atoms with Crippen molar-refractivity contribution in [2.75, 3.05) is 32.8 Å². The molecule has 1 aliphatic carbocycles. The van der Waals surface area contributed by atoms with E-state index in [1.54, 1.807) is 5.57 Å². The van der Waals surface area contributed by atoms with Gasteiger partial charge in [-0.05, 0) is 43.9 Å². The van der Waals surface area contributed by atoms with E-state index in [0.29, 0.717) is 18.3 Å². The molecule has 0 bridgehead atoms. The van der Waals surface area contributed by atoms with Crippen LogP contribution < -0.4 is 0 Å². The molecule has 20 heavy (non-hydrogen) atoms. The lowest BCUT2D eigenvalue weighted by atomic mass is 9.79. The first kappa shape index (κ1) is 15.5. The summed E-state index contributed by atoms with van der Waals surface area (Å²) in [6, 6.07) is 2.30. The van der Waals surface area contributed by atoms with Gasteiger partial charge in [0.15, 0.2) is 0 Å². The van der Waals surface area contributed by atoms with Gasteiger partial charge in [-0.25, -0.2) is 0 Å². The number of ether oxygens (including phenoxy) is 1. The summed E-state index contributed by atoms with van der Waals surface area (Å²) in [7, 11) is 0. The van der Waals surface area contributed by atoms with Crippen LogP contribution in [0.5, 0.6) is 0 Å². The largest absolute Gasteiger partial charge is 0.381 e. The van der Waals surface area contributed by atoms with Crippen molar-refractivity contribution in [3.63, 3.8) is 0 Å². The molecule has 0 amide bonds. The molecular weight excluding hydrogens is 248 g/mol. The summed E-state index contributed by atoms with van der Waals surface area (Å²) in [5.41, 5.74) is 1.55. The van der Waals surface area contributed by atoms with E-state index in [9.17, 15) is 0 Å². The zero-order valence-electron chi connectivity index (χ0n) is 13.0. The van der Waals surface area contributed by atoms with E-state index < -0.39 is 0 Å². The van der Waals surface area contributed by atoms with Gasteiger partial charge in [-0.1, -0.05) is 18.6 Å². The number of allylic oxidation sites excluding steroid dienone is 1. The Morgan fingerprint density at radius 3 is 2.90 bits per heavy atom. The number of hydrogen-bond donors (Lipinski definition) is 0. The smallest absolute Gasteiger partial charge is 0.0635 e. The second kappa shape index (κ2) is 7.81. The maximum atomic E-state index is 8.87. The predicted octanol–water partition coefficient (Wildman–Crippen LogP) is 3.23. The van der Waals surface area contributed by atoms with Crippen LogP contribution in [-0.4, -0.2) is 37.7 Å². The third-order valence-corrected chi connectivity index (χ3v) is 4.90. The molecule has 0 N–H and O–H groups in total. The highest BCUT2D eigenvalue weighted by Gasteiger charge is 2.26. The summed E-state index contributed by atoms with van der Waals surface area (Å²) in [5.74, 6) is 2.10. The molecule has 112 valence electrons. The van der Waals surface area contributed by atoms with Crippen molar-refractivity contribution in [3.8, 4) is 6.07 Å². The van der Waals surface area contributed by atoms with E-state index in [0.717, 1.165) is 38.8 Å². The Morgan fingerprint density at radius 2 is 2.25 bits per heavy atom. The van der Waals surface area contributed by atoms with Crippen molar-refractivity contribution < 1.29 is 4.74 Å². The quantitative estimate of drug-likeness (QED) is 0.699. The van der Waals surface area contributed by atoms with Crippen molar-refractivity contribution >= 4 is 0 Å². The minimum Gasteiger partial charge on any atom is -0.381 e. The fraction of sp³-hybridized carbons (Fsp3) is 0.824. The predicted molar refractivity (Wildman–Crippen MR) is 81.2 cm³/mol. The minimum absolute atomic E-state index is 0.636. The summed E-state index contributed by atoms with van der Waals surface area (Å²) >= 11 is 0. The average Bonchev–Trinajstić information content (AvgIpc) is 2.93. The molecule has 0 unspecified atom stereocenters. The summed E-state index contributed by atoms with van der Waals surface area (Å²) in [6.45, 7) is 9.58. The van der Waals surface area contributed by atoms with Crippen molar-refractivity contribution in [3.05, 3.63) is 11.6 Å². The van der Waals surface area contributed by atoms with Crippen LogP contribution >= 0.6 is 0 Å². The second-order valence-corrected chi connectivity index (χ2v) is 6.51. The third kappa shape index (κ3) is 4.33. The lowest BCUT2D eigenvalue weighted by molar-refractivity contribution is 0.153. The van der Waals surface area contributed by atoms with E-state index in [2.05, 4.69) is 30.9 Å². The van der Waals surface area contributed by atoms with E-state index in [-0.39, 0.29) is 0 Å². The minimum atomic E-state index is 0.636. The number of rotatable bonds is 6. The maximum absolute atomic E-state index is 8.87. The summed E-state index contributed by atoms with van der Waals surface area (Å²) in [4.78, 5) is 2.51. The van der Waals surface area contributed by atoms with Crippen molar-refractivity contribution in [1.29, 1.82) is 5.26 Å². The van der Waals surface area contributed by atoms with E-state index in [4.69, 9.17) is 10.00 Å². The summed E-state index contributed by atoms with van der Waals surface area (Å²) in [6.07, 6.45) is 6.76. The molecule has 2 rings (SSSR count). The van der Waals surface area contributed by atoms with Crippen LogP contribution in [0.3, 0.4) is 0 Å². The van der Waals surface area contributed by atoms with Gasteiger partial charge < -0.3 is 9.64 Å². The Balaban J connectivity index is 1.93. The topological polar surface area (TPSA) is 36.3 Å². The first-order valence-electron chi connectivity index (χ1n) is 8.04. The van der Waals surface area contributed by atoms with Gasteiger partial charge in [0.05, 0.1) is 12.7 Å². The molecular formula is C17H28N2O. The van der Waals surface area contributed by atoms with Gasteiger partial charge in [0, 0.05) is 32.7 Å². The monoisotopic (exact) mass is 276 g/mol. The van der Waals surface area contributed by atoms with Gasteiger partial charge >= 0.3 is 0 Å². The zero-order chi connectivity index (χ0) is 14.4. The van der Waals surface area contributed by atoms with Crippen molar-refractivity contribution in [1.82, 2.24) is 4.90 Å². The van der Waals surface area contributed by atoms with E-state index in [1.807, 2.05) is 0 Å². The fourth-order valence-corrected chi connectivity index (χ4v) is 3.54. The molecule has 0 aromatic rings. The standard InChI is InChI=1S/C17H28N2O/c1-14-5-3-6-15(2)17(14)12-19(9-4-8-18)11-16-7-10-20-13-16/h5,15-17H,3-4,6-7,9-13H2,1-2H3/t15-,16+,17-/m0/s1. The molecule has 0 aromatic heterocycles. The van der Waals surface area contributed by atoms with Crippen LogP contribution in [-0.2, 0) is 4.74 Å². The Kier molecular flexibility index (Phi) is 6.06. The van der Waals surface area contributed by atoms with Crippen molar-refractivity contribution in [2.24, 2.45) is 17.8 Å². The molecule has 1 heterocycles. The van der Waals surface area contributed by atoms with Crippen LogP contribution in [0.1, 0.15) is 39.5 Å². The van der Waals surface area contributed by atoms with Gasteiger partial charge in [-0.2, -0.15) is 5.26 Å². The maximum Gasteiger partial charge on any atom is 0.0635 e. The molecule has 1 fully saturated rings. The normalized spacial score (nSPS) is 30.3. The highest BCUT2D eigenvalue weighted by molar-refractivity contribution is 5.09. The van der Waals surface area contributed by atoms with Gasteiger partial charge in [0.25, 0.3) is 0 Å². The molecule has 3 nitrogen and oxygen atoms in total. The molecule has 2 aliphatic rings. The lowest BCUT2D eigenvalue weighted by Gasteiger charge is -2.34.